The van der Waals surface area contributed by atoms with E-state index in [1.807, 2.05) is 6.92 Å². The summed E-state index contributed by atoms with van der Waals surface area (Å²) in [4.78, 5) is 21.7. The number of fused-ring (bicyclic) bond motifs is 1. The van der Waals surface area contributed by atoms with Gasteiger partial charge in [0.25, 0.3) is 0 Å². The maximum atomic E-state index is 12.9. The molecule has 2 amide bonds. The molecule has 8 nitrogen and oxygen atoms in total. The number of anilines is 1. The molecule has 2 aliphatic carbocycles. The zero-order valence-electron chi connectivity index (χ0n) is 17.6. The van der Waals surface area contributed by atoms with E-state index in [0.717, 1.165) is 65.2 Å². The number of hydrogen-bond donors (Lipinski definition) is 3. The Labute approximate surface area is 180 Å². The first kappa shape index (κ1) is 21.4. The molecule has 1 fully saturated rings. The number of amides is 2. The number of hydrogen-bond acceptors (Lipinski definition) is 6. The zero-order chi connectivity index (χ0) is 21.8. The summed E-state index contributed by atoms with van der Waals surface area (Å²) in [5, 5.41) is 19.2. The molecular formula is C20H27N5O3S2. The molecule has 162 valence electrons. The maximum absolute atomic E-state index is 12.9. The number of aliphatic hydroxyl groups is 1. The van der Waals surface area contributed by atoms with Gasteiger partial charge in [-0.05, 0) is 57.9 Å². The van der Waals surface area contributed by atoms with E-state index in [9.17, 15) is 14.1 Å². The molecule has 30 heavy (non-hydrogen) atoms. The van der Waals surface area contributed by atoms with Crippen LogP contribution in [0.4, 0.5) is 10.5 Å². The van der Waals surface area contributed by atoms with Crippen LogP contribution in [-0.2, 0) is 21.9 Å². The highest BCUT2D eigenvalue weighted by atomic mass is 32.2. The number of rotatable bonds is 4. The van der Waals surface area contributed by atoms with E-state index in [1.54, 1.807) is 13.8 Å². The largest absolute Gasteiger partial charge is 0.383 e. The number of carbonyl (C=O) groups is 1. The van der Waals surface area contributed by atoms with Gasteiger partial charge < -0.3 is 10.4 Å². The minimum Gasteiger partial charge on any atom is -0.383 e. The molecule has 2 aliphatic rings. The average molecular weight is 450 g/mol. The van der Waals surface area contributed by atoms with Gasteiger partial charge in [-0.15, -0.1) is 15.7 Å². The fourth-order valence-electron chi connectivity index (χ4n) is 3.87. The Morgan fingerprint density at radius 1 is 1.40 bits per heavy atom. The lowest BCUT2D eigenvalue weighted by Crippen LogP contribution is -2.18. The third kappa shape index (κ3) is 4.01. The Balaban J connectivity index is 1.67. The molecule has 0 spiro atoms. The van der Waals surface area contributed by atoms with E-state index >= 15 is 0 Å². The van der Waals surface area contributed by atoms with Gasteiger partial charge in [-0.3, -0.25) is 4.98 Å². The van der Waals surface area contributed by atoms with Crippen molar-refractivity contribution < 1.29 is 14.1 Å². The molecule has 2 atom stereocenters. The van der Waals surface area contributed by atoms with Gasteiger partial charge in [0, 0.05) is 22.9 Å². The maximum Gasteiger partial charge on any atom is 0.354 e. The summed E-state index contributed by atoms with van der Waals surface area (Å²) in [6, 6.07) is -0.752. The highest BCUT2D eigenvalue weighted by Crippen LogP contribution is 2.46. The molecule has 2 aromatic heterocycles. The van der Waals surface area contributed by atoms with Crippen molar-refractivity contribution >= 4 is 33.0 Å². The van der Waals surface area contributed by atoms with Crippen molar-refractivity contribution in [2.24, 2.45) is 9.50 Å². The molecule has 0 aromatic carbocycles. The van der Waals surface area contributed by atoms with Gasteiger partial charge in [0.1, 0.15) is 14.8 Å². The van der Waals surface area contributed by atoms with Crippen LogP contribution < -0.4 is 10.5 Å². The minimum atomic E-state index is -3.48. The molecule has 1 saturated carbocycles. The second-order valence-corrected chi connectivity index (χ2v) is 11.8. The molecule has 0 radical (unpaired) electrons. The monoisotopic (exact) mass is 449 g/mol. The molecule has 1 unspecified atom stereocenters. The van der Waals surface area contributed by atoms with Gasteiger partial charge in [0.05, 0.1) is 11.9 Å². The highest BCUT2D eigenvalue weighted by Gasteiger charge is 2.33. The SMILES string of the molecule is Cc1c(C2CC2)nc2c(c1NC(=O)N=[S@@](N)(=O)c1cnc(C(C)(C)O)s1)C(C)CC2. The van der Waals surface area contributed by atoms with Crippen molar-refractivity contribution in [2.45, 2.75) is 75.0 Å². The Bertz CT molecular complexity index is 1140. The van der Waals surface area contributed by atoms with Gasteiger partial charge in [-0.2, -0.15) is 0 Å². The fraction of sp³-hybridized carbons (Fsp3) is 0.550. The zero-order valence-corrected chi connectivity index (χ0v) is 19.2. The van der Waals surface area contributed by atoms with E-state index in [2.05, 4.69) is 21.6 Å². The number of pyridine rings is 1. The van der Waals surface area contributed by atoms with Crippen molar-refractivity contribution in [3.05, 3.63) is 33.7 Å². The molecule has 2 aromatic rings. The van der Waals surface area contributed by atoms with Crippen LogP contribution in [0.15, 0.2) is 14.8 Å². The predicted molar refractivity (Wildman–Crippen MR) is 117 cm³/mol. The predicted octanol–water partition coefficient (Wildman–Crippen LogP) is 3.93. The summed E-state index contributed by atoms with van der Waals surface area (Å²) in [5.41, 5.74) is 3.63. The number of carbonyl (C=O) groups excluding carboxylic acids is 1. The second-order valence-electron chi connectivity index (χ2n) is 8.70. The third-order valence-electron chi connectivity index (χ3n) is 5.61. The van der Waals surface area contributed by atoms with Crippen molar-refractivity contribution in [1.29, 1.82) is 0 Å². The van der Waals surface area contributed by atoms with E-state index < -0.39 is 21.5 Å². The smallest absolute Gasteiger partial charge is 0.354 e. The number of thiazole rings is 1. The Hall–Kier alpha value is -1.88. The second kappa shape index (κ2) is 7.37. The molecule has 2 heterocycles. The summed E-state index contributed by atoms with van der Waals surface area (Å²) < 4.78 is 16.9. The first-order valence-electron chi connectivity index (χ1n) is 10.0. The van der Waals surface area contributed by atoms with Gasteiger partial charge in [0.15, 0.2) is 9.92 Å². The topological polar surface area (TPSA) is 131 Å². The summed E-state index contributed by atoms with van der Waals surface area (Å²) >= 11 is 0.988. The van der Waals surface area contributed by atoms with Crippen molar-refractivity contribution in [1.82, 2.24) is 9.97 Å². The molecule has 0 aliphatic heterocycles. The quantitative estimate of drug-likeness (QED) is 0.651. The standard InChI is InChI=1S/C20H27N5O3S2/c1-10-5-8-13-15(10)17(11(2)16(23-13)12-6-7-12)24-19(26)25-30(21,28)14-9-22-18(29-14)20(3,4)27/h9-10,12,27H,5-8H2,1-4H3,(H3,21,23,24,25,26,28)/t10?,30-/m1/s1. The van der Waals surface area contributed by atoms with Crippen molar-refractivity contribution in [3.63, 3.8) is 0 Å². The lowest BCUT2D eigenvalue weighted by Gasteiger charge is -2.18. The molecular weight excluding hydrogens is 422 g/mol. The summed E-state index contributed by atoms with van der Waals surface area (Å²) in [6.07, 6.45) is 5.42. The number of aryl methyl sites for hydroxylation is 1. The van der Waals surface area contributed by atoms with Crippen LogP contribution in [0.2, 0.25) is 0 Å². The summed E-state index contributed by atoms with van der Waals surface area (Å²) in [7, 11) is -3.48. The van der Waals surface area contributed by atoms with Crippen molar-refractivity contribution in [3.8, 4) is 0 Å². The lowest BCUT2D eigenvalue weighted by molar-refractivity contribution is 0.0783. The number of aromatic nitrogens is 2. The van der Waals surface area contributed by atoms with Crippen LogP contribution in [0.25, 0.3) is 0 Å². The molecule has 4 N–H and O–H groups in total. The van der Waals surface area contributed by atoms with E-state index in [1.165, 1.54) is 6.20 Å². The van der Waals surface area contributed by atoms with E-state index in [0.29, 0.717) is 10.9 Å². The van der Waals surface area contributed by atoms with E-state index in [4.69, 9.17) is 10.1 Å². The number of nitrogens with one attached hydrogen (secondary N) is 1. The van der Waals surface area contributed by atoms with Gasteiger partial charge in [0.2, 0.25) is 0 Å². The minimum absolute atomic E-state index is 0.151. The molecule has 0 bridgehead atoms. The Kier molecular flexibility index (Phi) is 5.24. The number of nitrogens with two attached hydrogens (primary N) is 1. The lowest BCUT2D eigenvalue weighted by atomic mass is 9.98. The van der Waals surface area contributed by atoms with Gasteiger partial charge >= 0.3 is 6.03 Å². The first-order valence-corrected chi connectivity index (χ1v) is 12.4. The van der Waals surface area contributed by atoms with Crippen LogP contribution in [0.1, 0.15) is 79.4 Å². The Morgan fingerprint density at radius 3 is 2.70 bits per heavy atom. The molecule has 10 heteroatoms. The summed E-state index contributed by atoms with van der Waals surface area (Å²) in [6.45, 7) is 7.24. The van der Waals surface area contributed by atoms with Gasteiger partial charge in [-0.25, -0.2) is 19.1 Å². The summed E-state index contributed by atoms with van der Waals surface area (Å²) in [5.74, 6) is 0.739. The number of urea groups is 1. The number of nitrogens with zero attached hydrogens (tertiary/aromatic N) is 3. The van der Waals surface area contributed by atoms with Crippen LogP contribution in [0, 0.1) is 6.92 Å². The van der Waals surface area contributed by atoms with Gasteiger partial charge in [-0.1, -0.05) is 6.92 Å². The average Bonchev–Trinajstić information content (AvgIpc) is 3.20. The fourth-order valence-corrected chi connectivity index (χ4v) is 5.94. The highest BCUT2D eigenvalue weighted by molar-refractivity contribution is 7.93. The molecule has 4 rings (SSSR count). The normalized spacial score (nSPS) is 20.5. The third-order valence-corrected chi connectivity index (χ3v) is 8.80. The van der Waals surface area contributed by atoms with Crippen molar-refractivity contribution in [2.75, 3.05) is 5.32 Å². The van der Waals surface area contributed by atoms with Crippen LogP contribution in [0.5, 0.6) is 0 Å². The van der Waals surface area contributed by atoms with Crippen LogP contribution in [-0.4, -0.2) is 25.3 Å². The molecule has 0 saturated heterocycles. The van der Waals surface area contributed by atoms with Crippen LogP contribution >= 0.6 is 11.3 Å². The first-order chi connectivity index (χ1) is 14.0. The van der Waals surface area contributed by atoms with E-state index in [-0.39, 0.29) is 10.1 Å². The Morgan fingerprint density at radius 2 is 2.10 bits per heavy atom. The van der Waals surface area contributed by atoms with Crippen LogP contribution in [0.3, 0.4) is 0 Å².